The summed E-state index contributed by atoms with van der Waals surface area (Å²) in [7, 11) is 3.88. The molecule has 5 nitrogen and oxygen atoms in total. The van der Waals surface area contributed by atoms with Crippen LogP contribution in [0.4, 0.5) is 4.39 Å². The van der Waals surface area contributed by atoms with Crippen LogP contribution < -0.4 is 5.32 Å². The molecule has 2 rings (SSSR count). The number of rotatable bonds is 7. The largest absolute Gasteiger partial charge is 0.353 e. The first-order valence-electron chi connectivity index (χ1n) is 8.54. The van der Waals surface area contributed by atoms with Crippen molar-refractivity contribution in [1.82, 2.24) is 15.1 Å². The molecule has 7 heteroatoms. The average molecular weight is 367 g/mol. The number of hydrogen-bond donors (Lipinski definition) is 1. The van der Waals surface area contributed by atoms with Crippen molar-refractivity contribution in [2.45, 2.75) is 31.2 Å². The Kier molecular flexibility index (Phi) is 7.25. The summed E-state index contributed by atoms with van der Waals surface area (Å²) >= 11 is 1.51. The Morgan fingerprint density at radius 1 is 1.40 bits per heavy atom. The predicted molar refractivity (Wildman–Crippen MR) is 98.7 cm³/mol. The van der Waals surface area contributed by atoms with Crippen LogP contribution in [-0.4, -0.2) is 60.6 Å². The minimum atomic E-state index is -0.514. The van der Waals surface area contributed by atoms with Crippen LogP contribution in [0.25, 0.3) is 0 Å². The van der Waals surface area contributed by atoms with E-state index in [-0.39, 0.29) is 23.0 Å². The van der Waals surface area contributed by atoms with Crippen molar-refractivity contribution in [3.05, 3.63) is 35.6 Å². The van der Waals surface area contributed by atoms with Crippen LogP contribution in [0, 0.1) is 5.82 Å². The number of halogens is 1. The van der Waals surface area contributed by atoms with E-state index < -0.39 is 6.04 Å². The van der Waals surface area contributed by atoms with Gasteiger partial charge in [-0.1, -0.05) is 19.1 Å². The van der Waals surface area contributed by atoms with E-state index in [9.17, 15) is 14.0 Å². The van der Waals surface area contributed by atoms with Crippen LogP contribution in [0.2, 0.25) is 0 Å². The first kappa shape index (κ1) is 19.7. The number of benzene rings is 1. The first-order chi connectivity index (χ1) is 11.9. The molecule has 138 valence electrons. The van der Waals surface area contributed by atoms with E-state index in [2.05, 4.69) is 5.32 Å². The zero-order chi connectivity index (χ0) is 18.4. The molecule has 0 saturated carbocycles. The van der Waals surface area contributed by atoms with Gasteiger partial charge in [0.1, 0.15) is 17.2 Å². The van der Waals surface area contributed by atoms with Gasteiger partial charge in [-0.3, -0.25) is 9.59 Å². The lowest BCUT2D eigenvalue weighted by Crippen LogP contribution is -2.48. The zero-order valence-electron chi connectivity index (χ0n) is 15.0. The van der Waals surface area contributed by atoms with Gasteiger partial charge in [0, 0.05) is 25.3 Å². The van der Waals surface area contributed by atoms with Crippen LogP contribution in [0.3, 0.4) is 0 Å². The van der Waals surface area contributed by atoms with Crippen molar-refractivity contribution in [3.63, 3.8) is 0 Å². The molecule has 1 aromatic carbocycles. The SMILES string of the molecule is CCCC(=O)N1C(C(=O)NCCN(C)C)CSC1c1cccc(F)c1. The Morgan fingerprint density at radius 2 is 2.16 bits per heavy atom. The van der Waals surface area contributed by atoms with E-state index in [0.717, 1.165) is 12.1 Å². The standard InChI is InChI=1S/C18H26FN3O2S/c1-4-6-16(23)22-15(17(24)20-9-10-21(2)3)12-25-18(22)13-7-5-8-14(19)11-13/h5,7-8,11,15,18H,4,6,9-10,12H2,1-3H3,(H,20,24). The Balaban J connectivity index is 2.16. The van der Waals surface area contributed by atoms with E-state index in [1.165, 1.54) is 23.9 Å². The molecule has 2 amide bonds. The Morgan fingerprint density at radius 3 is 2.80 bits per heavy atom. The summed E-state index contributed by atoms with van der Waals surface area (Å²) in [6.45, 7) is 3.21. The summed E-state index contributed by atoms with van der Waals surface area (Å²) in [6.07, 6.45) is 1.10. The van der Waals surface area contributed by atoms with Crippen LogP contribution >= 0.6 is 11.8 Å². The van der Waals surface area contributed by atoms with Crippen molar-refractivity contribution in [1.29, 1.82) is 0 Å². The highest BCUT2D eigenvalue weighted by Gasteiger charge is 2.41. The van der Waals surface area contributed by atoms with Crippen molar-refractivity contribution in [2.75, 3.05) is 32.9 Å². The fourth-order valence-corrected chi connectivity index (χ4v) is 4.23. The number of likely N-dealkylation sites (N-methyl/N-ethyl adjacent to an activating group) is 1. The Labute approximate surface area is 152 Å². The fourth-order valence-electron chi connectivity index (χ4n) is 2.79. The molecular formula is C18H26FN3O2S. The van der Waals surface area contributed by atoms with Crippen molar-refractivity contribution >= 4 is 23.6 Å². The van der Waals surface area contributed by atoms with Crippen LogP contribution in [0.15, 0.2) is 24.3 Å². The lowest BCUT2D eigenvalue weighted by molar-refractivity contribution is -0.139. The molecule has 0 aliphatic carbocycles. The lowest BCUT2D eigenvalue weighted by Gasteiger charge is -2.29. The molecule has 1 aliphatic rings. The van der Waals surface area contributed by atoms with Gasteiger partial charge in [0.15, 0.2) is 0 Å². The van der Waals surface area contributed by atoms with E-state index in [1.807, 2.05) is 25.9 Å². The highest BCUT2D eigenvalue weighted by Crippen LogP contribution is 2.42. The molecule has 1 heterocycles. The molecule has 0 bridgehead atoms. The van der Waals surface area contributed by atoms with Crippen LogP contribution in [0.5, 0.6) is 0 Å². The van der Waals surface area contributed by atoms with E-state index in [1.54, 1.807) is 17.0 Å². The molecule has 0 radical (unpaired) electrons. The summed E-state index contributed by atoms with van der Waals surface area (Å²) in [6, 6.07) is 5.75. The van der Waals surface area contributed by atoms with Gasteiger partial charge < -0.3 is 15.1 Å². The molecule has 2 unspecified atom stereocenters. The second kappa shape index (κ2) is 9.20. The second-order valence-corrected chi connectivity index (χ2v) is 7.51. The number of carbonyl (C=O) groups is 2. The average Bonchev–Trinajstić information content (AvgIpc) is 2.99. The van der Waals surface area contributed by atoms with Gasteiger partial charge in [-0.25, -0.2) is 4.39 Å². The quantitative estimate of drug-likeness (QED) is 0.803. The third-order valence-electron chi connectivity index (χ3n) is 4.05. The summed E-state index contributed by atoms with van der Waals surface area (Å²) in [4.78, 5) is 28.8. The number of carbonyl (C=O) groups excluding carboxylic acids is 2. The fraction of sp³-hybridized carbons (Fsp3) is 0.556. The number of nitrogens with zero attached hydrogens (tertiary/aromatic N) is 2. The number of thioether (sulfide) groups is 1. The number of amides is 2. The molecule has 25 heavy (non-hydrogen) atoms. The minimum Gasteiger partial charge on any atom is -0.353 e. The highest BCUT2D eigenvalue weighted by molar-refractivity contribution is 7.99. The van der Waals surface area contributed by atoms with Crippen LogP contribution in [0.1, 0.15) is 30.7 Å². The second-order valence-electron chi connectivity index (χ2n) is 6.40. The topological polar surface area (TPSA) is 52.7 Å². The third kappa shape index (κ3) is 5.19. The first-order valence-corrected chi connectivity index (χ1v) is 9.59. The molecule has 1 N–H and O–H groups in total. The molecular weight excluding hydrogens is 341 g/mol. The van der Waals surface area contributed by atoms with Crippen LogP contribution in [-0.2, 0) is 9.59 Å². The van der Waals surface area contributed by atoms with Gasteiger partial charge in [-0.2, -0.15) is 0 Å². The molecule has 0 aromatic heterocycles. The summed E-state index contributed by atoms with van der Waals surface area (Å²) in [5.41, 5.74) is 0.720. The molecule has 1 aliphatic heterocycles. The predicted octanol–water partition coefficient (Wildman–Crippen LogP) is 2.25. The lowest BCUT2D eigenvalue weighted by atomic mass is 10.1. The van der Waals surface area contributed by atoms with Gasteiger partial charge in [0.05, 0.1) is 0 Å². The van der Waals surface area contributed by atoms with Crippen molar-refractivity contribution in [2.24, 2.45) is 0 Å². The Hall–Kier alpha value is -1.60. The van der Waals surface area contributed by atoms with Gasteiger partial charge in [-0.05, 0) is 38.2 Å². The molecule has 2 atom stereocenters. The smallest absolute Gasteiger partial charge is 0.243 e. The third-order valence-corrected chi connectivity index (χ3v) is 5.37. The molecule has 1 aromatic rings. The van der Waals surface area contributed by atoms with E-state index >= 15 is 0 Å². The summed E-state index contributed by atoms with van der Waals surface area (Å²) in [5, 5.41) is 2.58. The number of hydrogen-bond acceptors (Lipinski definition) is 4. The zero-order valence-corrected chi connectivity index (χ0v) is 15.8. The van der Waals surface area contributed by atoms with Gasteiger partial charge >= 0.3 is 0 Å². The van der Waals surface area contributed by atoms with E-state index in [0.29, 0.717) is 25.1 Å². The summed E-state index contributed by atoms with van der Waals surface area (Å²) in [5.74, 6) is -0.0168. The highest BCUT2D eigenvalue weighted by atomic mass is 32.2. The van der Waals surface area contributed by atoms with E-state index in [4.69, 9.17) is 0 Å². The Bertz CT molecular complexity index is 612. The minimum absolute atomic E-state index is 0.0606. The maximum absolute atomic E-state index is 13.6. The van der Waals surface area contributed by atoms with Crippen molar-refractivity contribution < 1.29 is 14.0 Å². The normalized spacial score (nSPS) is 20.1. The monoisotopic (exact) mass is 367 g/mol. The van der Waals surface area contributed by atoms with Gasteiger partial charge in [-0.15, -0.1) is 11.8 Å². The summed E-state index contributed by atoms with van der Waals surface area (Å²) < 4.78 is 13.6. The molecule has 1 saturated heterocycles. The van der Waals surface area contributed by atoms with Gasteiger partial charge in [0.2, 0.25) is 11.8 Å². The maximum Gasteiger partial charge on any atom is 0.243 e. The number of nitrogens with one attached hydrogen (secondary N) is 1. The molecule has 1 fully saturated rings. The van der Waals surface area contributed by atoms with Crippen molar-refractivity contribution in [3.8, 4) is 0 Å². The van der Waals surface area contributed by atoms with Gasteiger partial charge in [0.25, 0.3) is 0 Å². The maximum atomic E-state index is 13.6. The molecule has 0 spiro atoms.